The Morgan fingerprint density at radius 2 is 2.45 bits per heavy atom. The Hall–Kier alpha value is -1.79. The molecular weight excluding hydrogens is 260 g/mol. The fraction of sp³-hybridized carbons (Fsp3) is 0.500. The molecular formula is C14H20N2O4. The van der Waals surface area contributed by atoms with Crippen LogP contribution >= 0.6 is 0 Å². The first-order chi connectivity index (χ1) is 9.65. The highest BCUT2D eigenvalue weighted by molar-refractivity contribution is 5.82. The van der Waals surface area contributed by atoms with Crippen LogP contribution < -0.4 is 20.5 Å². The molecule has 4 N–H and O–H groups in total. The van der Waals surface area contributed by atoms with Crippen LogP contribution in [0, 0.1) is 0 Å². The van der Waals surface area contributed by atoms with Crippen LogP contribution in [0.1, 0.15) is 24.4 Å². The van der Waals surface area contributed by atoms with Crippen molar-refractivity contribution in [2.75, 3.05) is 20.3 Å². The van der Waals surface area contributed by atoms with Crippen molar-refractivity contribution in [2.24, 2.45) is 5.73 Å². The van der Waals surface area contributed by atoms with Crippen LogP contribution in [0.25, 0.3) is 0 Å². The first-order valence-corrected chi connectivity index (χ1v) is 6.63. The van der Waals surface area contributed by atoms with Gasteiger partial charge in [-0.05, 0) is 31.0 Å². The van der Waals surface area contributed by atoms with E-state index in [1.807, 2.05) is 18.2 Å². The Bertz CT molecular complexity index is 478. The second-order valence-corrected chi connectivity index (χ2v) is 4.74. The minimum atomic E-state index is -0.909. The largest absolute Gasteiger partial charge is 0.497 e. The molecule has 2 rings (SSSR count). The average Bonchev–Trinajstić information content (AvgIpc) is 2.68. The van der Waals surface area contributed by atoms with Gasteiger partial charge in [-0.15, -0.1) is 0 Å². The highest BCUT2D eigenvalue weighted by Gasteiger charge is 2.24. The number of aliphatic hydroxyl groups excluding tert-OH is 1. The van der Waals surface area contributed by atoms with E-state index in [0.29, 0.717) is 12.4 Å². The predicted octanol–water partition coefficient (Wildman–Crippen LogP) is 0.345. The maximum atomic E-state index is 11.9. The Kier molecular flexibility index (Phi) is 4.81. The van der Waals surface area contributed by atoms with E-state index in [-0.39, 0.29) is 18.6 Å². The van der Waals surface area contributed by atoms with E-state index in [2.05, 4.69) is 5.32 Å². The van der Waals surface area contributed by atoms with Gasteiger partial charge in [-0.2, -0.15) is 0 Å². The SMILES string of the molecule is COc1ccc2c(c1)C(NC(=O)C(N)CO)CCCO2. The third kappa shape index (κ3) is 3.20. The zero-order valence-electron chi connectivity index (χ0n) is 11.5. The maximum Gasteiger partial charge on any atom is 0.239 e. The molecule has 2 unspecified atom stereocenters. The van der Waals surface area contributed by atoms with Gasteiger partial charge < -0.3 is 25.6 Å². The van der Waals surface area contributed by atoms with Crippen LogP contribution in [0.15, 0.2) is 18.2 Å². The Labute approximate surface area is 117 Å². The van der Waals surface area contributed by atoms with Crippen LogP contribution in [0.5, 0.6) is 11.5 Å². The van der Waals surface area contributed by atoms with Gasteiger partial charge >= 0.3 is 0 Å². The molecule has 1 aromatic rings. The van der Waals surface area contributed by atoms with E-state index in [1.165, 1.54) is 0 Å². The number of carbonyl (C=O) groups is 1. The summed E-state index contributed by atoms with van der Waals surface area (Å²) in [6.45, 7) is 0.234. The van der Waals surface area contributed by atoms with E-state index < -0.39 is 6.04 Å². The molecule has 0 bridgehead atoms. The van der Waals surface area contributed by atoms with Crippen LogP contribution in [-0.2, 0) is 4.79 Å². The van der Waals surface area contributed by atoms with Gasteiger partial charge in [-0.1, -0.05) is 0 Å². The summed E-state index contributed by atoms with van der Waals surface area (Å²) in [7, 11) is 1.59. The molecule has 1 heterocycles. The number of aliphatic hydroxyl groups is 1. The lowest BCUT2D eigenvalue weighted by molar-refractivity contribution is -0.123. The zero-order chi connectivity index (χ0) is 14.5. The minimum Gasteiger partial charge on any atom is -0.497 e. The summed E-state index contributed by atoms with van der Waals surface area (Å²) in [4.78, 5) is 11.9. The first kappa shape index (κ1) is 14.6. The highest BCUT2D eigenvalue weighted by Crippen LogP contribution is 2.34. The minimum absolute atomic E-state index is 0.187. The number of fused-ring (bicyclic) bond motifs is 1. The first-order valence-electron chi connectivity index (χ1n) is 6.63. The summed E-state index contributed by atoms with van der Waals surface area (Å²) in [5.74, 6) is 1.08. The van der Waals surface area contributed by atoms with Gasteiger partial charge in [0, 0.05) is 5.56 Å². The lowest BCUT2D eigenvalue weighted by Crippen LogP contribution is -2.44. The van der Waals surface area contributed by atoms with Gasteiger partial charge in [0.1, 0.15) is 17.5 Å². The summed E-state index contributed by atoms with van der Waals surface area (Å²) in [5, 5.41) is 11.8. The van der Waals surface area contributed by atoms with Gasteiger partial charge in [-0.3, -0.25) is 4.79 Å². The maximum absolute atomic E-state index is 11.9. The van der Waals surface area contributed by atoms with Crippen molar-refractivity contribution in [3.05, 3.63) is 23.8 Å². The number of carbonyl (C=O) groups excluding carboxylic acids is 1. The van der Waals surface area contributed by atoms with Crippen LogP contribution in [0.3, 0.4) is 0 Å². The molecule has 0 saturated carbocycles. The molecule has 0 aromatic heterocycles. The lowest BCUT2D eigenvalue weighted by Gasteiger charge is -2.20. The normalized spacial score (nSPS) is 19.2. The Balaban J connectivity index is 2.23. The molecule has 0 spiro atoms. The van der Waals surface area contributed by atoms with Crippen LogP contribution in [0.2, 0.25) is 0 Å². The summed E-state index contributed by atoms with van der Waals surface area (Å²) in [6, 6.07) is 4.42. The highest BCUT2D eigenvalue weighted by atomic mass is 16.5. The molecule has 0 saturated heterocycles. The number of hydrogen-bond donors (Lipinski definition) is 3. The van der Waals surface area contributed by atoms with Crippen molar-refractivity contribution in [1.82, 2.24) is 5.32 Å². The van der Waals surface area contributed by atoms with Gasteiger partial charge in [-0.25, -0.2) is 0 Å². The molecule has 1 aliphatic heterocycles. The molecule has 0 radical (unpaired) electrons. The molecule has 20 heavy (non-hydrogen) atoms. The number of hydrogen-bond acceptors (Lipinski definition) is 5. The summed E-state index contributed by atoms with van der Waals surface area (Å²) >= 11 is 0. The lowest BCUT2D eigenvalue weighted by atomic mass is 10.0. The summed E-state index contributed by atoms with van der Waals surface area (Å²) in [5.41, 5.74) is 6.41. The van der Waals surface area contributed by atoms with Crippen LogP contribution in [-0.4, -0.2) is 37.4 Å². The van der Waals surface area contributed by atoms with E-state index in [1.54, 1.807) is 7.11 Å². The van der Waals surface area contributed by atoms with Gasteiger partial charge in [0.05, 0.1) is 26.4 Å². The third-order valence-corrected chi connectivity index (χ3v) is 3.34. The molecule has 1 amide bonds. The number of nitrogens with one attached hydrogen (secondary N) is 1. The standard InChI is InChI=1S/C14H20N2O4/c1-19-9-4-5-13-10(7-9)12(3-2-6-20-13)16-14(18)11(15)8-17/h4-5,7,11-12,17H,2-3,6,8,15H2,1H3,(H,16,18). The smallest absolute Gasteiger partial charge is 0.239 e. The molecule has 1 aromatic carbocycles. The van der Waals surface area contributed by atoms with Crippen molar-refractivity contribution in [3.8, 4) is 11.5 Å². The number of nitrogens with two attached hydrogens (primary N) is 1. The number of ether oxygens (including phenoxy) is 2. The van der Waals surface area contributed by atoms with Gasteiger partial charge in [0.25, 0.3) is 0 Å². The number of amides is 1. The predicted molar refractivity (Wildman–Crippen MR) is 73.7 cm³/mol. The number of methoxy groups -OCH3 is 1. The summed E-state index contributed by atoms with van der Waals surface area (Å²) < 4.78 is 10.9. The quantitative estimate of drug-likeness (QED) is 0.739. The van der Waals surface area contributed by atoms with Crippen molar-refractivity contribution >= 4 is 5.91 Å². The van der Waals surface area contributed by atoms with Gasteiger partial charge in [0.15, 0.2) is 0 Å². The second kappa shape index (κ2) is 6.58. The van der Waals surface area contributed by atoms with Crippen molar-refractivity contribution in [1.29, 1.82) is 0 Å². The second-order valence-electron chi connectivity index (χ2n) is 4.74. The van der Waals surface area contributed by atoms with E-state index in [4.69, 9.17) is 20.3 Å². The van der Waals surface area contributed by atoms with Gasteiger partial charge in [0.2, 0.25) is 5.91 Å². The van der Waals surface area contributed by atoms with Crippen LogP contribution in [0.4, 0.5) is 0 Å². The van der Waals surface area contributed by atoms with Crippen molar-refractivity contribution < 1.29 is 19.4 Å². The topological polar surface area (TPSA) is 93.8 Å². The molecule has 1 aliphatic rings. The fourth-order valence-electron chi connectivity index (χ4n) is 2.19. The molecule has 110 valence electrons. The molecule has 0 fully saturated rings. The molecule has 0 aliphatic carbocycles. The molecule has 6 nitrogen and oxygen atoms in total. The van der Waals surface area contributed by atoms with Crippen molar-refractivity contribution in [2.45, 2.75) is 24.9 Å². The van der Waals surface area contributed by atoms with E-state index in [9.17, 15) is 4.79 Å². The zero-order valence-corrected chi connectivity index (χ0v) is 11.5. The number of benzene rings is 1. The molecule has 6 heteroatoms. The average molecular weight is 280 g/mol. The summed E-state index contributed by atoms with van der Waals surface area (Å²) in [6.07, 6.45) is 1.58. The number of rotatable bonds is 4. The molecule has 2 atom stereocenters. The van der Waals surface area contributed by atoms with Crippen molar-refractivity contribution in [3.63, 3.8) is 0 Å². The third-order valence-electron chi connectivity index (χ3n) is 3.34. The Morgan fingerprint density at radius 3 is 3.15 bits per heavy atom. The van der Waals surface area contributed by atoms with E-state index in [0.717, 1.165) is 24.2 Å². The van der Waals surface area contributed by atoms with E-state index >= 15 is 0 Å². The Morgan fingerprint density at radius 1 is 1.65 bits per heavy atom. The fourth-order valence-corrected chi connectivity index (χ4v) is 2.19. The monoisotopic (exact) mass is 280 g/mol.